The fourth-order valence-corrected chi connectivity index (χ4v) is 2.25. The lowest BCUT2D eigenvalue weighted by Crippen LogP contribution is -2.26. The third-order valence-corrected chi connectivity index (χ3v) is 3.31. The minimum absolute atomic E-state index is 0.0428. The van der Waals surface area contributed by atoms with Crippen LogP contribution in [0.25, 0.3) is 0 Å². The molecule has 0 amide bonds. The largest absolute Gasteiger partial charge is 0.469 e. The molecule has 0 saturated carbocycles. The van der Waals surface area contributed by atoms with Gasteiger partial charge in [0.1, 0.15) is 17.6 Å². The number of hydrogen-bond donors (Lipinski definition) is 0. The van der Waals surface area contributed by atoms with Crippen LogP contribution >= 0.6 is 0 Å². The summed E-state index contributed by atoms with van der Waals surface area (Å²) in [5, 5.41) is 9.00. The van der Waals surface area contributed by atoms with E-state index in [1.54, 1.807) is 0 Å². The number of carbonyl (C=O) groups excluding carboxylic acids is 1. The van der Waals surface area contributed by atoms with E-state index in [-0.39, 0.29) is 17.9 Å². The first-order valence-electron chi connectivity index (χ1n) is 6.18. The van der Waals surface area contributed by atoms with Crippen molar-refractivity contribution in [3.05, 3.63) is 23.4 Å². The van der Waals surface area contributed by atoms with E-state index in [0.717, 1.165) is 12.1 Å². The molecule has 1 aromatic heterocycles. The highest BCUT2D eigenvalue weighted by atomic mass is 19.4. The van der Waals surface area contributed by atoms with Crippen LogP contribution in [0, 0.1) is 17.2 Å². The van der Waals surface area contributed by atoms with Gasteiger partial charge < -0.3 is 9.64 Å². The van der Waals surface area contributed by atoms with E-state index in [2.05, 4.69) is 9.72 Å². The van der Waals surface area contributed by atoms with Gasteiger partial charge in [-0.1, -0.05) is 0 Å². The van der Waals surface area contributed by atoms with Gasteiger partial charge in [-0.05, 0) is 18.6 Å². The first-order chi connectivity index (χ1) is 9.86. The lowest BCUT2D eigenvalue weighted by atomic mass is 10.1. The number of methoxy groups -OCH3 is 1. The number of esters is 1. The zero-order valence-corrected chi connectivity index (χ0v) is 11.1. The minimum atomic E-state index is -4.58. The summed E-state index contributed by atoms with van der Waals surface area (Å²) in [7, 11) is 1.26. The molecule has 1 fully saturated rings. The Bertz CT molecular complexity index is 595. The molecule has 1 atom stereocenters. The van der Waals surface area contributed by atoms with Crippen LogP contribution in [-0.4, -0.2) is 31.2 Å². The van der Waals surface area contributed by atoms with Crippen molar-refractivity contribution in [3.63, 3.8) is 0 Å². The predicted molar refractivity (Wildman–Crippen MR) is 66.3 cm³/mol. The molecule has 1 unspecified atom stereocenters. The molecule has 5 nitrogen and oxygen atoms in total. The van der Waals surface area contributed by atoms with E-state index in [4.69, 9.17) is 5.26 Å². The molecule has 8 heteroatoms. The fraction of sp³-hybridized carbons (Fsp3) is 0.462. The number of nitriles is 1. The van der Waals surface area contributed by atoms with E-state index in [1.165, 1.54) is 12.0 Å². The van der Waals surface area contributed by atoms with Crippen LogP contribution in [0.15, 0.2) is 12.1 Å². The van der Waals surface area contributed by atoms with E-state index in [0.29, 0.717) is 13.0 Å². The molecule has 112 valence electrons. The van der Waals surface area contributed by atoms with Crippen LogP contribution < -0.4 is 4.90 Å². The van der Waals surface area contributed by atoms with E-state index in [9.17, 15) is 18.0 Å². The molecule has 21 heavy (non-hydrogen) atoms. The van der Waals surface area contributed by atoms with E-state index < -0.39 is 23.8 Å². The smallest absolute Gasteiger partial charge is 0.433 e. The third-order valence-electron chi connectivity index (χ3n) is 3.31. The molecule has 1 aliphatic rings. The molecule has 0 spiro atoms. The van der Waals surface area contributed by atoms with E-state index in [1.807, 2.05) is 6.07 Å². The Morgan fingerprint density at radius 1 is 1.52 bits per heavy atom. The van der Waals surface area contributed by atoms with Crippen molar-refractivity contribution >= 4 is 11.8 Å². The van der Waals surface area contributed by atoms with Crippen LogP contribution in [0.5, 0.6) is 0 Å². The van der Waals surface area contributed by atoms with E-state index >= 15 is 0 Å². The summed E-state index contributed by atoms with van der Waals surface area (Å²) >= 11 is 0. The molecular formula is C13H12F3N3O2. The Morgan fingerprint density at radius 2 is 2.24 bits per heavy atom. The summed E-state index contributed by atoms with van der Waals surface area (Å²) in [6.07, 6.45) is -4.13. The Morgan fingerprint density at radius 3 is 2.81 bits per heavy atom. The third kappa shape index (κ3) is 3.07. The van der Waals surface area contributed by atoms with Crippen molar-refractivity contribution in [3.8, 4) is 6.07 Å². The number of aromatic nitrogens is 1. The normalized spacial score (nSPS) is 18.4. The zero-order chi connectivity index (χ0) is 15.6. The van der Waals surface area contributed by atoms with Gasteiger partial charge in [-0.15, -0.1) is 0 Å². The average molecular weight is 299 g/mol. The van der Waals surface area contributed by atoms with Gasteiger partial charge in [0.2, 0.25) is 0 Å². The molecule has 1 saturated heterocycles. The lowest BCUT2D eigenvalue weighted by Gasteiger charge is -2.19. The lowest BCUT2D eigenvalue weighted by molar-refractivity contribution is -0.144. The number of halogens is 3. The SMILES string of the molecule is COC(=O)C1CCN(c2nc(C(F)(F)F)ccc2C#N)C1. The van der Waals surface area contributed by atoms with Crippen LogP contribution in [0.4, 0.5) is 19.0 Å². The Kier molecular flexibility index (Phi) is 4.02. The van der Waals surface area contributed by atoms with Gasteiger partial charge in [-0.3, -0.25) is 4.79 Å². The number of pyridine rings is 1. The average Bonchev–Trinajstić information content (AvgIpc) is 2.94. The number of ether oxygens (including phenoxy) is 1. The zero-order valence-electron chi connectivity index (χ0n) is 11.1. The summed E-state index contributed by atoms with van der Waals surface area (Å²) < 4.78 is 42.8. The molecule has 0 bridgehead atoms. The maximum absolute atomic E-state index is 12.7. The summed E-state index contributed by atoms with van der Waals surface area (Å²) in [6, 6.07) is 3.69. The van der Waals surface area contributed by atoms with Gasteiger partial charge >= 0.3 is 12.1 Å². The number of nitrogens with zero attached hydrogens (tertiary/aromatic N) is 3. The second kappa shape index (κ2) is 5.60. The molecule has 2 rings (SSSR count). The first-order valence-corrected chi connectivity index (χ1v) is 6.18. The van der Waals surface area contributed by atoms with Crippen molar-refractivity contribution in [2.45, 2.75) is 12.6 Å². The number of alkyl halides is 3. The molecule has 0 aliphatic carbocycles. The second-order valence-electron chi connectivity index (χ2n) is 4.63. The summed E-state index contributed by atoms with van der Waals surface area (Å²) in [5.74, 6) is -0.875. The highest BCUT2D eigenvalue weighted by Gasteiger charge is 2.35. The second-order valence-corrected chi connectivity index (χ2v) is 4.63. The highest BCUT2D eigenvalue weighted by Crippen LogP contribution is 2.32. The first kappa shape index (κ1) is 15.1. The number of carbonyl (C=O) groups is 1. The van der Waals surface area contributed by atoms with Crippen molar-refractivity contribution < 1.29 is 22.7 Å². The Hall–Kier alpha value is -2.30. The standard InChI is InChI=1S/C13H12F3N3O2/c1-21-12(20)9-4-5-19(7-9)11-8(6-17)2-3-10(18-11)13(14,15)16/h2-3,9H,4-5,7H2,1H3. The van der Waals surface area contributed by atoms with Gasteiger partial charge in [-0.2, -0.15) is 18.4 Å². The topological polar surface area (TPSA) is 66.2 Å². The number of hydrogen-bond acceptors (Lipinski definition) is 5. The molecule has 0 radical (unpaired) electrons. The van der Waals surface area contributed by atoms with Crippen LogP contribution in [0.1, 0.15) is 17.7 Å². The van der Waals surface area contributed by atoms with Crippen LogP contribution in [-0.2, 0) is 15.7 Å². The maximum atomic E-state index is 12.7. The molecule has 2 heterocycles. The summed E-state index contributed by atoms with van der Waals surface area (Å²) in [5.41, 5.74) is -1.01. The maximum Gasteiger partial charge on any atom is 0.433 e. The highest BCUT2D eigenvalue weighted by molar-refractivity contribution is 5.74. The number of anilines is 1. The number of rotatable bonds is 2. The van der Waals surface area contributed by atoms with Crippen molar-refractivity contribution in [1.82, 2.24) is 4.98 Å². The van der Waals surface area contributed by atoms with Gasteiger partial charge in [-0.25, -0.2) is 4.98 Å². The Labute approximate surface area is 118 Å². The molecule has 1 aliphatic heterocycles. The van der Waals surface area contributed by atoms with Crippen molar-refractivity contribution in [2.75, 3.05) is 25.1 Å². The van der Waals surface area contributed by atoms with Crippen molar-refractivity contribution in [1.29, 1.82) is 5.26 Å². The molecular weight excluding hydrogens is 287 g/mol. The summed E-state index contributed by atoms with van der Waals surface area (Å²) in [4.78, 5) is 16.5. The van der Waals surface area contributed by atoms with Gasteiger partial charge in [0.15, 0.2) is 0 Å². The Balaban J connectivity index is 2.31. The predicted octanol–water partition coefficient (Wildman–Crippen LogP) is 1.97. The monoisotopic (exact) mass is 299 g/mol. The minimum Gasteiger partial charge on any atom is -0.469 e. The van der Waals surface area contributed by atoms with Gasteiger partial charge in [0.25, 0.3) is 0 Å². The molecule has 1 aromatic rings. The molecule has 0 aromatic carbocycles. The van der Waals surface area contributed by atoms with Crippen molar-refractivity contribution in [2.24, 2.45) is 5.92 Å². The van der Waals surface area contributed by atoms with Crippen LogP contribution in [0.3, 0.4) is 0 Å². The van der Waals surface area contributed by atoms with Crippen LogP contribution in [0.2, 0.25) is 0 Å². The fourth-order valence-electron chi connectivity index (χ4n) is 2.25. The molecule has 0 N–H and O–H groups in total. The summed E-state index contributed by atoms with van der Waals surface area (Å²) in [6.45, 7) is 0.540. The van der Waals surface area contributed by atoms with Gasteiger partial charge in [0.05, 0.1) is 18.6 Å². The quantitative estimate of drug-likeness (QED) is 0.781. The van der Waals surface area contributed by atoms with Gasteiger partial charge in [0, 0.05) is 13.1 Å².